The summed E-state index contributed by atoms with van der Waals surface area (Å²) in [6, 6.07) is 4.67. The number of amides is 1. The van der Waals surface area contributed by atoms with E-state index in [9.17, 15) is 9.18 Å². The summed E-state index contributed by atoms with van der Waals surface area (Å²) >= 11 is 0. The van der Waals surface area contributed by atoms with Crippen molar-refractivity contribution >= 4 is 36.4 Å². The number of hydrogen-bond acceptors (Lipinski definition) is 3. The van der Waals surface area contributed by atoms with Gasteiger partial charge in [-0.3, -0.25) is 4.79 Å². The number of hydrogen-bond donors (Lipinski definition) is 2. The number of anilines is 1. The van der Waals surface area contributed by atoms with Crippen molar-refractivity contribution in [2.75, 3.05) is 18.4 Å². The third kappa shape index (κ3) is 5.19. The summed E-state index contributed by atoms with van der Waals surface area (Å²) in [5.41, 5.74) is 0.892. The van der Waals surface area contributed by atoms with Crippen molar-refractivity contribution in [3.05, 3.63) is 42.7 Å². The molecule has 1 aliphatic rings. The Labute approximate surface area is 152 Å². The molecule has 2 heterocycles. The van der Waals surface area contributed by atoms with E-state index < -0.39 is 5.82 Å². The zero-order chi connectivity index (χ0) is 15.4. The molecule has 1 saturated heterocycles. The lowest BCUT2D eigenvalue weighted by Gasteiger charge is -2.10. The molecule has 0 spiro atoms. The fourth-order valence-electron chi connectivity index (χ4n) is 2.72. The quantitative estimate of drug-likeness (QED) is 0.844. The topological polar surface area (TPSA) is 59.0 Å². The van der Waals surface area contributed by atoms with Gasteiger partial charge in [-0.05, 0) is 50.0 Å². The van der Waals surface area contributed by atoms with Crippen LogP contribution in [0.25, 0.3) is 5.69 Å². The summed E-state index contributed by atoms with van der Waals surface area (Å²) in [6.45, 7) is 2.02. The highest BCUT2D eigenvalue weighted by molar-refractivity contribution is 5.90. The van der Waals surface area contributed by atoms with E-state index in [0.717, 1.165) is 25.9 Å². The molecule has 1 aromatic carbocycles. The van der Waals surface area contributed by atoms with Crippen LogP contribution in [0.1, 0.15) is 19.3 Å². The largest absolute Gasteiger partial charge is 0.326 e. The third-order valence-electron chi connectivity index (χ3n) is 3.96. The van der Waals surface area contributed by atoms with E-state index in [2.05, 4.69) is 15.6 Å². The van der Waals surface area contributed by atoms with Crippen LogP contribution in [0.4, 0.5) is 10.1 Å². The summed E-state index contributed by atoms with van der Waals surface area (Å²) in [4.78, 5) is 15.8. The van der Waals surface area contributed by atoms with Crippen LogP contribution in [0.5, 0.6) is 0 Å². The van der Waals surface area contributed by atoms with Gasteiger partial charge in [0.1, 0.15) is 5.82 Å². The van der Waals surface area contributed by atoms with Crippen molar-refractivity contribution in [2.45, 2.75) is 19.3 Å². The molecule has 2 N–H and O–H groups in total. The zero-order valence-corrected chi connectivity index (χ0v) is 14.7. The lowest BCUT2D eigenvalue weighted by molar-refractivity contribution is -0.116. The van der Waals surface area contributed by atoms with Crippen molar-refractivity contribution in [1.82, 2.24) is 14.9 Å². The van der Waals surface area contributed by atoms with Gasteiger partial charge < -0.3 is 15.2 Å². The Morgan fingerprint density at radius 1 is 1.42 bits per heavy atom. The lowest BCUT2D eigenvalue weighted by atomic mass is 10.0. The van der Waals surface area contributed by atoms with Gasteiger partial charge >= 0.3 is 0 Å². The summed E-state index contributed by atoms with van der Waals surface area (Å²) in [5, 5.41) is 6.04. The van der Waals surface area contributed by atoms with Gasteiger partial charge in [-0.15, -0.1) is 24.8 Å². The number of aromatic nitrogens is 2. The monoisotopic (exact) mass is 374 g/mol. The predicted octanol–water partition coefficient (Wildman–Crippen LogP) is 3.18. The minimum atomic E-state index is -0.393. The Kier molecular flexibility index (Phi) is 8.18. The molecular weight excluding hydrogens is 354 g/mol. The second-order valence-electron chi connectivity index (χ2n) is 5.58. The van der Waals surface area contributed by atoms with Gasteiger partial charge in [0.25, 0.3) is 0 Å². The van der Waals surface area contributed by atoms with E-state index in [1.165, 1.54) is 12.4 Å². The molecule has 1 aromatic heterocycles. The Hall–Kier alpha value is -1.63. The molecular formula is C16H21Cl2FN4O. The van der Waals surface area contributed by atoms with E-state index >= 15 is 0 Å². The molecule has 5 nitrogen and oxygen atoms in total. The first-order valence-electron chi connectivity index (χ1n) is 7.51. The highest BCUT2D eigenvalue weighted by Crippen LogP contribution is 2.19. The van der Waals surface area contributed by atoms with Gasteiger partial charge in [0, 0.05) is 24.5 Å². The van der Waals surface area contributed by atoms with Gasteiger partial charge in [0.15, 0.2) is 0 Å². The van der Waals surface area contributed by atoms with Gasteiger partial charge in [0.2, 0.25) is 5.91 Å². The Morgan fingerprint density at radius 2 is 2.25 bits per heavy atom. The van der Waals surface area contributed by atoms with Gasteiger partial charge in [-0.2, -0.15) is 0 Å². The molecule has 1 fully saturated rings. The molecule has 24 heavy (non-hydrogen) atoms. The van der Waals surface area contributed by atoms with Crippen LogP contribution in [-0.4, -0.2) is 28.5 Å². The van der Waals surface area contributed by atoms with Crippen LogP contribution in [0.3, 0.4) is 0 Å². The fourth-order valence-corrected chi connectivity index (χ4v) is 2.72. The SMILES string of the molecule is Cl.Cl.O=C(CCC1CCNC1)Nc1ccc(-n2ccnc2)c(F)c1. The van der Waals surface area contributed by atoms with Crippen molar-refractivity contribution < 1.29 is 9.18 Å². The molecule has 8 heteroatoms. The maximum absolute atomic E-state index is 14.1. The van der Waals surface area contributed by atoms with Gasteiger partial charge in [-0.1, -0.05) is 0 Å². The first kappa shape index (κ1) is 20.4. The maximum Gasteiger partial charge on any atom is 0.224 e. The number of nitrogens with one attached hydrogen (secondary N) is 2. The molecule has 1 unspecified atom stereocenters. The average Bonchev–Trinajstić information content (AvgIpc) is 3.19. The molecule has 132 valence electrons. The number of halogens is 3. The number of nitrogens with zero attached hydrogens (tertiary/aromatic N) is 2. The maximum atomic E-state index is 14.1. The molecule has 1 aliphatic heterocycles. The summed E-state index contributed by atoms with van der Waals surface area (Å²) < 4.78 is 15.7. The molecule has 1 atom stereocenters. The van der Waals surface area contributed by atoms with Crippen LogP contribution in [0.2, 0.25) is 0 Å². The third-order valence-corrected chi connectivity index (χ3v) is 3.96. The molecule has 0 bridgehead atoms. The predicted molar refractivity (Wildman–Crippen MR) is 96.9 cm³/mol. The summed E-state index contributed by atoms with van der Waals surface area (Å²) in [5.74, 6) is 0.114. The minimum Gasteiger partial charge on any atom is -0.326 e. The van der Waals surface area contributed by atoms with E-state index in [4.69, 9.17) is 0 Å². The first-order chi connectivity index (χ1) is 10.7. The van der Waals surface area contributed by atoms with Crippen LogP contribution in [-0.2, 0) is 4.79 Å². The summed E-state index contributed by atoms with van der Waals surface area (Å²) in [6.07, 6.45) is 7.26. The molecule has 0 saturated carbocycles. The molecule has 2 aromatic rings. The number of carbonyl (C=O) groups excluding carboxylic acids is 1. The Balaban J connectivity index is 0.00000144. The molecule has 1 amide bonds. The number of rotatable bonds is 5. The van der Waals surface area contributed by atoms with Crippen molar-refractivity contribution in [3.63, 3.8) is 0 Å². The van der Waals surface area contributed by atoms with E-state index in [1.807, 2.05) is 0 Å². The van der Waals surface area contributed by atoms with Gasteiger partial charge in [0.05, 0.1) is 12.0 Å². The van der Waals surface area contributed by atoms with Crippen LogP contribution in [0, 0.1) is 11.7 Å². The van der Waals surface area contributed by atoms with Gasteiger partial charge in [-0.25, -0.2) is 9.37 Å². The van der Waals surface area contributed by atoms with Crippen LogP contribution >= 0.6 is 24.8 Å². The summed E-state index contributed by atoms with van der Waals surface area (Å²) in [7, 11) is 0. The average molecular weight is 375 g/mol. The van der Waals surface area contributed by atoms with Crippen LogP contribution < -0.4 is 10.6 Å². The Morgan fingerprint density at radius 3 is 2.88 bits per heavy atom. The molecule has 0 radical (unpaired) electrons. The zero-order valence-electron chi connectivity index (χ0n) is 13.1. The minimum absolute atomic E-state index is 0. The number of benzene rings is 1. The van der Waals surface area contributed by atoms with E-state index in [-0.39, 0.29) is 30.7 Å². The lowest BCUT2D eigenvalue weighted by Crippen LogP contribution is -2.15. The normalized spacial score (nSPS) is 16.1. The standard InChI is InChI=1S/C16H19FN4O.2ClH/c17-14-9-13(2-3-15(14)21-8-7-19-11-21)20-16(22)4-1-12-5-6-18-10-12;;/h2-3,7-9,11-12,18H,1,4-6,10H2,(H,20,22);2*1H. The van der Waals surface area contributed by atoms with Crippen LogP contribution in [0.15, 0.2) is 36.9 Å². The van der Waals surface area contributed by atoms with E-state index in [0.29, 0.717) is 23.7 Å². The molecule has 0 aliphatic carbocycles. The van der Waals surface area contributed by atoms with E-state index in [1.54, 1.807) is 29.1 Å². The highest BCUT2D eigenvalue weighted by Gasteiger charge is 2.16. The smallest absolute Gasteiger partial charge is 0.224 e. The second kappa shape index (κ2) is 9.61. The van der Waals surface area contributed by atoms with Crippen molar-refractivity contribution in [3.8, 4) is 5.69 Å². The fraction of sp³-hybridized carbons (Fsp3) is 0.375. The van der Waals surface area contributed by atoms with Crippen molar-refractivity contribution in [1.29, 1.82) is 0 Å². The first-order valence-corrected chi connectivity index (χ1v) is 7.51. The highest BCUT2D eigenvalue weighted by atomic mass is 35.5. The second-order valence-corrected chi connectivity index (χ2v) is 5.58. The van der Waals surface area contributed by atoms with Crippen molar-refractivity contribution in [2.24, 2.45) is 5.92 Å². The molecule has 3 rings (SSSR count). The Bertz CT molecular complexity index is 646. The number of imidazole rings is 1. The number of carbonyl (C=O) groups is 1.